The van der Waals surface area contributed by atoms with Crippen molar-refractivity contribution in [2.75, 3.05) is 0 Å². The second kappa shape index (κ2) is 17.0. The predicted octanol–water partition coefficient (Wildman–Crippen LogP) is 6.95. The second-order valence-electron chi connectivity index (χ2n) is 12.7. The highest BCUT2D eigenvalue weighted by atomic mass is 16.3. The van der Waals surface area contributed by atoms with Gasteiger partial charge in [-0.3, -0.25) is 9.59 Å². The molecule has 0 saturated heterocycles. The van der Waals surface area contributed by atoms with Gasteiger partial charge in [-0.15, -0.1) is 0 Å². The Morgan fingerprint density at radius 2 is 1.31 bits per heavy atom. The lowest BCUT2D eigenvalue weighted by Crippen LogP contribution is -2.42. The van der Waals surface area contributed by atoms with E-state index >= 15 is 0 Å². The van der Waals surface area contributed by atoms with Crippen molar-refractivity contribution in [3.63, 3.8) is 0 Å². The quantitative estimate of drug-likeness (QED) is 0.150. The molecule has 0 bridgehead atoms. The zero-order valence-electron chi connectivity index (χ0n) is 28.2. The van der Waals surface area contributed by atoms with Gasteiger partial charge in [0.2, 0.25) is 11.8 Å². The summed E-state index contributed by atoms with van der Waals surface area (Å²) in [5, 5.41) is 25.3. The minimum absolute atomic E-state index is 0.0303. The maximum Gasteiger partial charge on any atom is 0.223 e. The van der Waals surface area contributed by atoms with Crippen LogP contribution in [0, 0.1) is 0 Å². The number of fused-ring (bicyclic) bond motifs is 2. The molecule has 2 atom stereocenters. The summed E-state index contributed by atoms with van der Waals surface area (Å²) in [5.74, 6) is 0.412. The number of aliphatic hydroxyl groups is 2. The average molecular weight is 645 g/mol. The molecule has 0 aliphatic heterocycles. The number of allylic oxidation sites excluding steroid dienone is 2. The molecule has 2 aliphatic carbocycles. The van der Waals surface area contributed by atoms with Crippen LogP contribution >= 0.6 is 0 Å². The largest absolute Gasteiger partial charge is 0.392 e. The van der Waals surface area contributed by atoms with Gasteiger partial charge in [0.1, 0.15) is 0 Å². The van der Waals surface area contributed by atoms with Crippen molar-refractivity contribution in [3.05, 3.63) is 147 Å². The van der Waals surface area contributed by atoms with Crippen LogP contribution < -0.4 is 10.6 Å². The van der Waals surface area contributed by atoms with E-state index in [9.17, 15) is 19.8 Å². The highest BCUT2D eigenvalue weighted by Gasteiger charge is 2.31. The number of nitrogens with one attached hydrogen (secondary N) is 2. The van der Waals surface area contributed by atoms with E-state index in [0.29, 0.717) is 12.8 Å². The van der Waals surface area contributed by atoms with Gasteiger partial charge in [0.15, 0.2) is 0 Å². The van der Waals surface area contributed by atoms with E-state index in [4.69, 9.17) is 0 Å². The number of benzene rings is 4. The summed E-state index contributed by atoms with van der Waals surface area (Å²) in [6.45, 7) is 3.84. The summed E-state index contributed by atoms with van der Waals surface area (Å²) in [6, 6.07) is 33.3. The highest BCUT2D eigenvalue weighted by molar-refractivity contribution is 5.83. The number of carbonyl (C=O) groups is 2. The number of aryl methyl sites for hydroxylation is 2. The monoisotopic (exact) mass is 644 g/mol. The van der Waals surface area contributed by atoms with Crippen molar-refractivity contribution in [3.8, 4) is 0 Å². The van der Waals surface area contributed by atoms with Crippen LogP contribution in [-0.2, 0) is 48.5 Å². The van der Waals surface area contributed by atoms with Crippen molar-refractivity contribution in [1.82, 2.24) is 10.6 Å². The molecule has 4 aromatic rings. The van der Waals surface area contributed by atoms with Gasteiger partial charge < -0.3 is 20.8 Å². The van der Waals surface area contributed by atoms with Crippen molar-refractivity contribution < 1.29 is 19.8 Å². The van der Waals surface area contributed by atoms with E-state index in [2.05, 4.69) is 71.3 Å². The molecule has 0 heterocycles. The molecule has 0 fully saturated rings. The fourth-order valence-corrected chi connectivity index (χ4v) is 6.84. The lowest BCUT2D eigenvalue weighted by molar-refractivity contribution is -0.122. The molecule has 4 N–H and O–H groups in total. The molecule has 6 rings (SSSR count). The molecule has 48 heavy (non-hydrogen) atoms. The molecule has 2 amide bonds. The van der Waals surface area contributed by atoms with Crippen molar-refractivity contribution in [1.29, 1.82) is 0 Å². The smallest absolute Gasteiger partial charge is 0.223 e. The summed E-state index contributed by atoms with van der Waals surface area (Å²) >= 11 is 0. The van der Waals surface area contributed by atoms with Crippen LogP contribution in [0.5, 0.6) is 0 Å². The summed E-state index contributed by atoms with van der Waals surface area (Å²) in [4.78, 5) is 23.9. The minimum atomic E-state index is 0.0303. The first-order valence-electron chi connectivity index (χ1n) is 17.3. The first-order valence-corrected chi connectivity index (χ1v) is 17.3. The zero-order valence-corrected chi connectivity index (χ0v) is 28.2. The Balaban J connectivity index is 0.000000188. The normalized spacial score (nSPS) is 16.6. The van der Waals surface area contributed by atoms with Crippen molar-refractivity contribution in [2.24, 2.45) is 0 Å². The van der Waals surface area contributed by atoms with Crippen LogP contribution in [0.3, 0.4) is 0 Å². The first kappa shape index (κ1) is 34.8. The van der Waals surface area contributed by atoms with E-state index in [1.54, 1.807) is 0 Å². The Morgan fingerprint density at radius 3 is 1.96 bits per heavy atom. The van der Waals surface area contributed by atoms with Gasteiger partial charge in [-0.25, -0.2) is 0 Å². The third-order valence-corrected chi connectivity index (χ3v) is 9.49. The van der Waals surface area contributed by atoms with Gasteiger partial charge in [-0.1, -0.05) is 105 Å². The summed E-state index contributed by atoms with van der Waals surface area (Å²) in [6.07, 6.45) is 6.37. The number of aliphatic hydroxyl groups excluding tert-OH is 2. The van der Waals surface area contributed by atoms with E-state index < -0.39 is 0 Å². The van der Waals surface area contributed by atoms with Crippen LogP contribution in [0.2, 0.25) is 0 Å². The Hall–Kier alpha value is -4.52. The standard InChI is InChI=1S/C21H25NO2.C21H23NO2/c2*1-2-21(24)22-20-11-10-17-9-8-16(14-23)13-18(17)19(20)12-15-6-4-3-5-7-15/h3-9,13,19-20,23H,2,10-12,14H2,1H3,(H,22,24);3-9,13,23H,2,10-12,14H2,1H3,(H,22,24)/t19-,20+;/m0./s1. The van der Waals surface area contributed by atoms with E-state index in [1.807, 2.05) is 50.2 Å². The van der Waals surface area contributed by atoms with Gasteiger partial charge >= 0.3 is 0 Å². The Morgan fingerprint density at radius 1 is 0.688 bits per heavy atom. The third kappa shape index (κ3) is 8.88. The molecule has 6 heteroatoms. The van der Waals surface area contributed by atoms with Crippen LogP contribution in [0.4, 0.5) is 0 Å². The fraction of sp³-hybridized carbons (Fsp3) is 0.333. The Bertz CT molecular complexity index is 1710. The van der Waals surface area contributed by atoms with Crippen LogP contribution in [0.25, 0.3) is 5.57 Å². The maximum atomic E-state index is 12.0. The third-order valence-electron chi connectivity index (χ3n) is 9.49. The van der Waals surface area contributed by atoms with Gasteiger partial charge in [0.25, 0.3) is 0 Å². The number of amides is 2. The predicted molar refractivity (Wildman–Crippen MR) is 192 cm³/mol. The molecular weight excluding hydrogens is 596 g/mol. The van der Waals surface area contributed by atoms with Crippen LogP contribution in [0.15, 0.2) is 103 Å². The molecule has 6 nitrogen and oxygen atoms in total. The van der Waals surface area contributed by atoms with E-state index in [0.717, 1.165) is 60.9 Å². The van der Waals surface area contributed by atoms with Gasteiger partial charge in [0.05, 0.1) is 13.2 Å². The molecule has 0 aromatic heterocycles. The number of rotatable bonds is 10. The molecule has 250 valence electrons. The first-order chi connectivity index (χ1) is 23.4. The lowest BCUT2D eigenvalue weighted by Gasteiger charge is -2.35. The van der Waals surface area contributed by atoms with Gasteiger partial charge in [-0.2, -0.15) is 0 Å². The van der Waals surface area contributed by atoms with Crippen molar-refractivity contribution >= 4 is 17.4 Å². The maximum absolute atomic E-state index is 12.0. The van der Waals surface area contributed by atoms with Crippen molar-refractivity contribution in [2.45, 2.75) is 90.4 Å². The summed E-state index contributed by atoms with van der Waals surface area (Å²) < 4.78 is 0. The number of hydrogen-bond acceptors (Lipinski definition) is 4. The second-order valence-corrected chi connectivity index (χ2v) is 12.7. The SMILES string of the molecule is CCC(=O)NC1=C(Cc2ccccc2)c2cc(CO)ccc2CC1.CCC(=O)N[C@@H]1CCc2ccc(CO)cc2[C@@H]1Cc1ccccc1. The lowest BCUT2D eigenvalue weighted by atomic mass is 9.75. The van der Waals surface area contributed by atoms with E-state index in [1.165, 1.54) is 33.4 Å². The van der Waals surface area contributed by atoms with Crippen LogP contribution in [0.1, 0.15) is 90.0 Å². The molecule has 0 spiro atoms. The zero-order chi connectivity index (χ0) is 33.9. The number of carbonyl (C=O) groups excluding carboxylic acids is 2. The highest BCUT2D eigenvalue weighted by Crippen LogP contribution is 2.36. The Kier molecular flexibility index (Phi) is 12.4. The van der Waals surface area contributed by atoms with Crippen LogP contribution in [-0.4, -0.2) is 28.1 Å². The summed E-state index contributed by atoms with van der Waals surface area (Å²) in [7, 11) is 0. The topological polar surface area (TPSA) is 98.7 Å². The molecule has 0 saturated carbocycles. The summed E-state index contributed by atoms with van der Waals surface area (Å²) in [5.41, 5.74) is 11.6. The minimum Gasteiger partial charge on any atom is -0.392 e. The fourth-order valence-electron chi connectivity index (χ4n) is 6.84. The average Bonchev–Trinajstić information content (AvgIpc) is 3.14. The Labute approximate surface area is 284 Å². The number of hydrogen-bond donors (Lipinski definition) is 4. The molecule has 0 unspecified atom stereocenters. The molecular formula is C42H48N2O4. The van der Waals surface area contributed by atoms with E-state index in [-0.39, 0.29) is 37.0 Å². The van der Waals surface area contributed by atoms with Gasteiger partial charge in [-0.05, 0) is 94.7 Å². The van der Waals surface area contributed by atoms with Gasteiger partial charge in [0, 0.05) is 30.5 Å². The molecule has 4 aromatic carbocycles. The molecule has 2 aliphatic rings. The molecule has 0 radical (unpaired) electrons.